The van der Waals surface area contributed by atoms with Crippen molar-refractivity contribution >= 4 is 18.3 Å². The third-order valence-electron chi connectivity index (χ3n) is 3.69. The molecule has 2 N–H and O–H groups in total. The first kappa shape index (κ1) is 18.0. The number of hydrogen-bond donors (Lipinski definition) is 2. The molecule has 2 rings (SSSR count). The summed E-state index contributed by atoms with van der Waals surface area (Å²) >= 11 is 0. The topological polar surface area (TPSA) is 41.1 Å². The second-order valence-corrected chi connectivity index (χ2v) is 6.80. The third kappa shape index (κ3) is 6.06. The lowest BCUT2D eigenvalue weighted by Crippen LogP contribution is -2.40. The fourth-order valence-electron chi connectivity index (χ4n) is 2.62. The van der Waals surface area contributed by atoms with Gasteiger partial charge in [0.1, 0.15) is 0 Å². The predicted octanol–water partition coefficient (Wildman–Crippen LogP) is 3.18. The van der Waals surface area contributed by atoms with Gasteiger partial charge in [0, 0.05) is 11.1 Å². The molecular weight excluding hydrogens is 284 g/mol. The Morgan fingerprint density at radius 2 is 1.76 bits per heavy atom. The van der Waals surface area contributed by atoms with Gasteiger partial charge in [-0.25, -0.2) is 0 Å². The van der Waals surface area contributed by atoms with Crippen molar-refractivity contribution < 1.29 is 4.79 Å². The van der Waals surface area contributed by atoms with E-state index < -0.39 is 0 Å². The average molecular weight is 311 g/mol. The van der Waals surface area contributed by atoms with Crippen LogP contribution in [0.15, 0.2) is 24.3 Å². The molecule has 0 bridgehead atoms. The molecule has 0 atom stereocenters. The maximum absolute atomic E-state index is 12.0. The Balaban J connectivity index is 0.00000220. The maximum Gasteiger partial charge on any atom is 0.251 e. The van der Waals surface area contributed by atoms with E-state index in [-0.39, 0.29) is 23.9 Å². The van der Waals surface area contributed by atoms with Crippen LogP contribution in [0.3, 0.4) is 0 Å². The number of benzene rings is 1. The van der Waals surface area contributed by atoms with Gasteiger partial charge in [-0.1, -0.05) is 12.1 Å². The normalized spacial score (nSPS) is 16.1. The Bertz CT molecular complexity index is 445. The minimum absolute atomic E-state index is 0. The fourth-order valence-corrected chi connectivity index (χ4v) is 2.62. The Hall–Kier alpha value is -1.06. The molecular formula is C17H27ClN2O. The lowest BCUT2D eigenvalue weighted by atomic mass is 9.91. The molecule has 1 fully saturated rings. The molecule has 3 nitrogen and oxygen atoms in total. The van der Waals surface area contributed by atoms with E-state index in [9.17, 15) is 4.79 Å². The number of halogens is 1. The number of carbonyl (C=O) groups is 1. The van der Waals surface area contributed by atoms with Gasteiger partial charge in [0.2, 0.25) is 0 Å². The third-order valence-corrected chi connectivity index (χ3v) is 3.69. The summed E-state index contributed by atoms with van der Waals surface area (Å²) in [6, 6.07) is 8.08. The Kier molecular flexibility index (Phi) is 6.69. The van der Waals surface area contributed by atoms with E-state index in [1.54, 1.807) is 0 Å². The van der Waals surface area contributed by atoms with Crippen molar-refractivity contribution in [3.63, 3.8) is 0 Å². The van der Waals surface area contributed by atoms with Crippen LogP contribution in [0.1, 0.15) is 49.5 Å². The van der Waals surface area contributed by atoms with Gasteiger partial charge in [-0.05, 0) is 76.7 Å². The standard InChI is InChI=1S/C17H26N2O.ClH/c1-17(2,3)19-16(20)15-6-4-13(5-7-15)12-14-8-10-18-11-9-14;/h4-7,14,18H,8-12H2,1-3H3,(H,19,20);1H. The first-order valence-electron chi connectivity index (χ1n) is 7.56. The summed E-state index contributed by atoms with van der Waals surface area (Å²) in [7, 11) is 0. The Morgan fingerprint density at radius 1 is 1.19 bits per heavy atom. The lowest BCUT2D eigenvalue weighted by molar-refractivity contribution is 0.0919. The summed E-state index contributed by atoms with van der Waals surface area (Å²) < 4.78 is 0. The quantitative estimate of drug-likeness (QED) is 0.900. The van der Waals surface area contributed by atoms with Gasteiger partial charge < -0.3 is 10.6 Å². The summed E-state index contributed by atoms with van der Waals surface area (Å²) in [6.07, 6.45) is 3.64. The van der Waals surface area contributed by atoms with Gasteiger partial charge in [-0.3, -0.25) is 4.79 Å². The SMILES string of the molecule is CC(C)(C)NC(=O)c1ccc(CC2CCNCC2)cc1.Cl. The zero-order valence-corrected chi connectivity index (χ0v) is 14.1. The molecule has 1 aliphatic rings. The molecule has 0 unspecified atom stereocenters. The minimum Gasteiger partial charge on any atom is -0.347 e. The van der Waals surface area contributed by atoms with Crippen LogP contribution in [0.4, 0.5) is 0 Å². The second kappa shape index (κ2) is 7.81. The second-order valence-electron chi connectivity index (χ2n) is 6.80. The van der Waals surface area contributed by atoms with Crippen LogP contribution in [-0.2, 0) is 6.42 Å². The lowest BCUT2D eigenvalue weighted by Gasteiger charge is -2.23. The highest BCUT2D eigenvalue weighted by Gasteiger charge is 2.16. The number of carbonyl (C=O) groups excluding carboxylic acids is 1. The number of piperidine rings is 1. The van der Waals surface area contributed by atoms with Crippen molar-refractivity contribution in [2.75, 3.05) is 13.1 Å². The smallest absolute Gasteiger partial charge is 0.251 e. The molecule has 0 aromatic heterocycles. The van der Waals surface area contributed by atoms with E-state index >= 15 is 0 Å². The number of hydrogen-bond acceptors (Lipinski definition) is 2. The number of amides is 1. The maximum atomic E-state index is 12.0. The monoisotopic (exact) mass is 310 g/mol. The van der Waals surface area contributed by atoms with Crippen molar-refractivity contribution in [3.05, 3.63) is 35.4 Å². The van der Waals surface area contributed by atoms with Crippen LogP contribution in [-0.4, -0.2) is 24.5 Å². The molecule has 1 aromatic rings. The molecule has 0 radical (unpaired) electrons. The molecule has 1 heterocycles. The van der Waals surface area contributed by atoms with E-state index in [0.29, 0.717) is 0 Å². The largest absolute Gasteiger partial charge is 0.347 e. The minimum atomic E-state index is -0.190. The predicted molar refractivity (Wildman–Crippen MR) is 90.2 cm³/mol. The average Bonchev–Trinajstić information content (AvgIpc) is 2.39. The molecule has 21 heavy (non-hydrogen) atoms. The molecule has 0 aliphatic carbocycles. The van der Waals surface area contributed by atoms with E-state index in [2.05, 4.69) is 22.8 Å². The molecule has 4 heteroatoms. The highest BCUT2D eigenvalue weighted by molar-refractivity contribution is 5.94. The first-order valence-corrected chi connectivity index (χ1v) is 7.56. The Morgan fingerprint density at radius 3 is 2.29 bits per heavy atom. The van der Waals surface area contributed by atoms with Crippen LogP contribution in [0.5, 0.6) is 0 Å². The van der Waals surface area contributed by atoms with Crippen molar-refractivity contribution in [1.29, 1.82) is 0 Å². The van der Waals surface area contributed by atoms with Crippen molar-refractivity contribution in [3.8, 4) is 0 Å². The van der Waals surface area contributed by atoms with Crippen LogP contribution in [0.25, 0.3) is 0 Å². The van der Waals surface area contributed by atoms with Gasteiger partial charge in [-0.15, -0.1) is 12.4 Å². The number of nitrogens with one attached hydrogen (secondary N) is 2. The van der Waals surface area contributed by atoms with Crippen LogP contribution in [0, 0.1) is 5.92 Å². The van der Waals surface area contributed by atoms with Crippen molar-refractivity contribution in [2.24, 2.45) is 5.92 Å². The molecule has 1 saturated heterocycles. The fraction of sp³-hybridized carbons (Fsp3) is 0.588. The van der Waals surface area contributed by atoms with E-state index in [1.807, 2.05) is 32.9 Å². The molecule has 1 amide bonds. The molecule has 1 aliphatic heterocycles. The van der Waals surface area contributed by atoms with E-state index in [4.69, 9.17) is 0 Å². The Labute approximate surface area is 134 Å². The van der Waals surface area contributed by atoms with Crippen molar-refractivity contribution in [2.45, 2.75) is 45.6 Å². The highest BCUT2D eigenvalue weighted by atomic mass is 35.5. The summed E-state index contributed by atoms with van der Waals surface area (Å²) in [4.78, 5) is 12.0. The molecule has 0 saturated carbocycles. The van der Waals surface area contributed by atoms with Crippen LogP contribution < -0.4 is 10.6 Å². The van der Waals surface area contributed by atoms with Gasteiger partial charge >= 0.3 is 0 Å². The summed E-state index contributed by atoms with van der Waals surface area (Å²) in [5.74, 6) is 0.788. The summed E-state index contributed by atoms with van der Waals surface area (Å²) in [5, 5.41) is 6.38. The molecule has 1 aromatic carbocycles. The first-order chi connectivity index (χ1) is 9.44. The van der Waals surface area contributed by atoms with Crippen LogP contribution >= 0.6 is 12.4 Å². The molecule has 0 spiro atoms. The summed E-state index contributed by atoms with van der Waals surface area (Å²) in [5.41, 5.74) is 1.89. The highest BCUT2D eigenvalue weighted by Crippen LogP contribution is 2.18. The van der Waals surface area contributed by atoms with Crippen molar-refractivity contribution in [1.82, 2.24) is 10.6 Å². The summed E-state index contributed by atoms with van der Waals surface area (Å²) in [6.45, 7) is 8.26. The van der Waals surface area contributed by atoms with E-state index in [1.165, 1.54) is 18.4 Å². The van der Waals surface area contributed by atoms with Gasteiger partial charge in [0.25, 0.3) is 5.91 Å². The van der Waals surface area contributed by atoms with E-state index in [0.717, 1.165) is 31.0 Å². The van der Waals surface area contributed by atoms with Gasteiger partial charge in [0.15, 0.2) is 0 Å². The molecule has 118 valence electrons. The number of rotatable bonds is 3. The van der Waals surface area contributed by atoms with Gasteiger partial charge in [0.05, 0.1) is 0 Å². The zero-order valence-electron chi connectivity index (χ0n) is 13.2. The zero-order chi connectivity index (χ0) is 14.6. The van der Waals surface area contributed by atoms with Gasteiger partial charge in [-0.2, -0.15) is 0 Å². The van der Waals surface area contributed by atoms with Crippen LogP contribution in [0.2, 0.25) is 0 Å².